The van der Waals surface area contributed by atoms with Gasteiger partial charge in [0.1, 0.15) is 17.3 Å². The Morgan fingerprint density at radius 2 is 1.77 bits per heavy atom. The number of aliphatic hydroxyl groups is 1. The number of carbonyl (C=O) groups excluding carboxylic acids is 2. The molecule has 3 saturated heterocycles. The third-order valence-electron chi connectivity index (χ3n) is 9.29. The van der Waals surface area contributed by atoms with Crippen LogP contribution in [0.4, 0.5) is 5.69 Å². The Morgan fingerprint density at radius 3 is 2.38 bits per heavy atom. The number of unbranched alkanes of at least 4 members (excludes halogenated alkanes) is 1. The summed E-state index contributed by atoms with van der Waals surface area (Å²) in [7, 11) is -1.93. The summed E-state index contributed by atoms with van der Waals surface area (Å²) < 4.78 is 42.4. The molecule has 0 saturated carbocycles. The first-order valence-corrected chi connectivity index (χ1v) is 18.0. The number of hydrogen-bond acceptors (Lipinski definition) is 9. The van der Waals surface area contributed by atoms with E-state index in [1.54, 1.807) is 23.1 Å². The Hall–Kier alpha value is -3.10. The van der Waals surface area contributed by atoms with Gasteiger partial charge in [0.05, 0.1) is 25.2 Å². The van der Waals surface area contributed by atoms with E-state index < -0.39 is 27.7 Å². The fourth-order valence-electron chi connectivity index (χ4n) is 6.70. The van der Waals surface area contributed by atoms with E-state index in [2.05, 4.69) is 21.9 Å². The molecule has 2 aromatic rings. The number of hydrogen-bond donors (Lipinski definition) is 3. The number of nitrogens with one attached hydrogen (secondary N) is 2. The van der Waals surface area contributed by atoms with E-state index in [4.69, 9.17) is 14.2 Å². The molecule has 0 aliphatic carbocycles. The van der Waals surface area contributed by atoms with Crippen LogP contribution in [0.1, 0.15) is 51.0 Å². The molecule has 3 fully saturated rings. The number of carbonyl (C=O) groups is 2. The number of methoxy groups -OCH3 is 1. The van der Waals surface area contributed by atoms with Gasteiger partial charge in [-0.15, -0.1) is 12.4 Å². The fraction of sp³-hybridized carbons (Fsp3) is 0.576. The quantitative estimate of drug-likeness (QED) is 0.304. The monoisotopic (exact) mass is 694 g/mol. The van der Waals surface area contributed by atoms with Crippen molar-refractivity contribution >= 4 is 39.9 Å². The predicted molar refractivity (Wildman–Crippen MR) is 181 cm³/mol. The van der Waals surface area contributed by atoms with Crippen LogP contribution < -0.4 is 19.5 Å². The second-order valence-electron chi connectivity index (χ2n) is 12.5. The van der Waals surface area contributed by atoms with E-state index in [9.17, 15) is 23.1 Å². The van der Waals surface area contributed by atoms with Crippen molar-refractivity contribution in [3.8, 4) is 17.2 Å². The Morgan fingerprint density at radius 1 is 1.09 bits per heavy atom. The van der Waals surface area contributed by atoms with Crippen LogP contribution in [-0.2, 0) is 30.9 Å². The van der Waals surface area contributed by atoms with Crippen molar-refractivity contribution in [1.29, 1.82) is 0 Å². The molecule has 5 rings (SSSR count). The standard InChI is InChI=1S/C33H46N4O8S.ClH/c1-4-5-16-37-31(39)29(30(38)24-12-19-44-20-13-24)34-32(40)33(37)14-17-36(18-15-33)22-23-6-9-26(10-7-23)45-27-11-8-25(21-28(27)43-2)35-46(3,41)42;/h6-11,21,24,29-30,35,38H,4-5,12-20,22H2,1-3H3,(H,34,40);1H/t29-,30-;/m1./s1. The lowest BCUT2D eigenvalue weighted by atomic mass is 9.79. The van der Waals surface area contributed by atoms with Gasteiger partial charge < -0.3 is 29.5 Å². The highest BCUT2D eigenvalue weighted by Gasteiger charge is 2.55. The molecule has 12 nitrogen and oxygen atoms in total. The zero-order valence-electron chi connectivity index (χ0n) is 27.3. The lowest BCUT2D eigenvalue weighted by Gasteiger charge is -2.52. The molecule has 3 heterocycles. The molecule has 260 valence electrons. The number of likely N-dealkylation sites (tertiary alicyclic amines) is 1. The fourth-order valence-corrected chi connectivity index (χ4v) is 7.25. The first-order valence-electron chi connectivity index (χ1n) is 16.1. The number of anilines is 1. The van der Waals surface area contributed by atoms with Gasteiger partial charge in [0, 0.05) is 45.5 Å². The normalized spacial score (nSPS) is 21.1. The van der Waals surface area contributed by atoms with Crippen molar-refractivity contribution < 1.29 is 37.3 Å². The highest BCUT2D eigenvalue weighted by molar-refractivity contribution is 7.92. The lowest BCUT2D eigenvalue weighted by molar-refractivity contribution is -0.166. The highest BCUT2D eigenvalue weighted by atomic mass is 35.5. The zero-order valence-corrected chi connectivity index (χ0v) is 28.9. The van der Waals surface area contributed by atoms with Crippen molar-refractivity contribution in [1.82, 2.24) is 15.1 Å². The summed E-state index contributed by atoms with van der Waals surface area (Å²) in [5, 5.41) is 14.1. The van der Waals surface area contributed by atoms with Crippen LogP contribution in [0.25, 0.3) is 0 Å². The number of aliphatic hydroxyl groups excluding tert-OH is 1. The number of nitrogens with zero attached hydrogens (tertiary/aromatic N) is 2. The molecule has 3 aliphatic rings. The molecule has 47 heavy (non-hydrogen) atoms. The highest BCUT2D eigenvalue weighted by Crippen LogP contribution is 2.37. The summed E-state index contributed by atoms with van der Waals surface area (Å²) in [4.78, 5) is 31.7. The van der Waals surface area contributed by atoms with Gasteiger partial charge in [-0.05, 0) is 67.9 Å². The first kappa shape index (κ1) is 36.7. The van der Waals surface area contributed by atoms with E-state index in [0.29, 0.717) is 88.0 Å². The van der Waals surface area contributed by atoms with Gasteiger partial charge in [-0.3, -0.25) is 19.2 Å². The van der Waals surface area contributed by atoms with E-state index in [-0.39, 0.29) is 30.1 Å². The van der Waals surface area contributed by atoms with Crippen molar-refractivity contribution in [2.24, 2.45) is 5.92 Å². The van der Waals surface area contributed by atoms with E-state index in [0.717, 1.165) is 24.7 Å². The molecule has 2 aromatic carbocycles. The maximum atomic E-state index is 13.8. The van der Waals surface area contributed by atoms with Crippen LogP contribution in [-0.4, -0.2) is 99.0 Å². The van der Waals surface area contributed by atoms with Gasteiger partial charge in [-0.1, -0.05) is 25.5 Å². The molecule has 1 spiro atoms. The number of piperazine rings is 1. The molecule has 0 unspecified atom stereocenters. The number of amides is 2. The van der Waals surface area contributed by atoms with Gasteiger partial charge in [0.25, 0.3) is 0 Å². The summed E-state index contributed by atoms with van der Waals surface area (Å²) in [5.41, 5.74) is 0.550. The minimum atomic E-state index is -3.42. The topological polar surface area (TPSA) is 147 Å². The summed E-state index contributed by atoms with van der Waals surface area (Å²) in [6.07, 6.45) is 4.26. The van der Waals surface area contributed by atoms with Gasteiger partial charge >= 0.3 is 0 Å². The third kappa shape index (κ3) is 8.69. The number of piperidine rings is 1. The molecule has 2 amide bonds. The zero-order chi connectivity index (χ0) is 32.9. The molecular formula is C33H47ClN4O8S. The SMILES string of the molecule is CCCCN1C(=O)[C@@H]([C@H](O)C2CCOCC2)NC(=O)C12CCN(Cc1ccc(Oc3ccc(NS(C)(=O)=O)cc3OC)cc1)CC2.Cl. The molecule has 3 aliphatic heterocycles. The second kappa shape index (κ2) is 15.9. The van der Waals surface area contributed by atoms with Crippen LogP contribution in [0.5, 0.6) is 17.2 Å². The number of ether oxygens (including phenoxy) is 3. The Kier molecular flexibility index (Phi) is 12.4. The Balaban J connectivity index is 0.00000500. The van der Waals surface area contributed by atoms with Crippen LogP contribution >= 0.6 is 12.4 Å². The Bertz CT molecular complexity index is 1480. The number of rotatable bonds is 12. The number of sulfonamides is 1. The van der Waals surface area contributed by atoms with Crippen molar-refractivity contribution in [2.75, 3.05) is 50.9 Å². The van der Waals surface area contributed by atoms with Gasteiger partial charge in [0.2, 0.25) is 21.8 Å². The number of halogens is 1. The molecule has 14 heteroatoms. The van der Waals surface area contributed by atoms with E-state index in [1.807, 2.05) is 24.3 Å². The summed E-state index contributed by atoms with van der Waals surface area (Å²) in [6, 6.07) is 11.6. The van der Waals surface area contributed by atoms with Crippen LogP contribution in [0, 0.1) is 5.92 Å². The van der Waals surface area contributed by atoms with E-state index in [1.165, 1.54) is 7.11 Å². The maximum Gasteiger partial charge on any atom is 0.248 e. The molecule has 0 aromatic heterocycles. The minimum Gasteiger partial charge on any atom is -0.493 e. The van der Waals surface area contributed by atoms with Crippen molar-refractivity contribution in [2.45, 2.75) is 69.7 Å². The van der Waals surface area contributed by atoms with Crippen LogP contribution in [0.15, 0.2) is 42.5 Å². The summed E-state index contributed by atoms with van der Waals surface area (Å²) in [6.45, 7) is 5.67. The summed E-state index contributed by atoms with van der Waals surface area (Å²) >= 11 is 0. The van der Waals surface area contributed by atoms with Gasteiger partial charge in [0.15, 0.2) is 11.5 Å². The molecule has 0 radical (unpaired) electrons. The third-order valence-corrected chi connectivity index (χ3v) is 9.90. The largest absolute Gasteiger partial charge is 0.493 e. The average molecular weight is 695 g/mol. The van der Waals surface area contributed by atoms with Gasteiger partial charge in [-0.25, -0.2) is 8.42 Å². The van der Waals surface area contributed by atoms with Crippen molar-refractivity contribution in [3.63, 3.8) is 0 Å². The maximum absolute atomic E-state index is 13.8. The number of benzene rings is 2. The second-order valence-corrected chi connectivity index (χ2v) is 14.3. The molecular weight excluding hydrogens is 648 g/mol. The molecule has 3 N–H and O–H groups in total. The Labute approximate surface area is 283 Å². The molecule has 2 atom stereocenters. The average Bonchev–Trinajstić information content (AvgIpc) is 3.04. The van der Waals surface area contributed by atoms with Gasteiger partial charge in [-0.2, -0.15) is 0 Å². The van der Waals surface area contributed by atoms with Crippen molar-refractivity contribution in [3.05, 3.63) is 48.0 Å². The summed E-state index contributed by atoms with van der Waals surface area (Å²) in [5.74, 6) is 1.04. The van der Waals surface area contributed by atoms with Crippen LogP contribution in [0.3, 0.4) is 0 Å². The minimum absolute atomic E-state index is 0. The smallest absolute Gasteiger partial charge is 0.248 e. The lowest BCUT2D eigenvalue weighted by Crippen LogP contribution is -2.75. The molecule has 0 bridgehead atoms. The van der Waals surface area contributed by atoms with E-state index >= 15 is 0 Å². The predicted octanol–water partition coefficient (Wildman–Crippen LogP) is 3.53. The first-order chi connectivity index (χ1) is 22.0. The van der Waals surface area contributed by atoms with Crippen LogP contribution in [0.2, 0.25) is 0 Å².